The Hall–Kier alpha value is -2.28. The zero-order valence-corrected chi connectivity index (χ0v) is 14.8. The van der Waals surface area contributed by atoms with Crippen molar-refractivity contribution in [2.24, 2.45) is 16.1 Å². The summed E-state index contributed by atoms with van der Waals surface area (Å²) in [6, 6.07) is 4.17. The van der Waals surface area contributed by atoms with E-state index in [1.807, 2.05) is 0 Å². The Kier molecular flexibility index (Phi) is 5.09. The van der Waals surface area contributed by atoms with E-state index in [1.165, 1.54) is 19.2 Å². The van der Waals surface area contributed by atoms with Crippen LogP contribution in [-0.2, 0) is 0 Å². The van der Waals surface area contributed by atoms with E-state index >= 15 is 0 Å². The lowest BCUT2D eigenvalue weighted by Gasteiger charge is -2.26. The minimum atomic E-state index is -2.65. The van der Waals surface area contributed by atoms with E-state index in [0.29, 0.717) is 27.8 Å². The lowest BCUT2D eigenvalue weighted by Crippen LogP contribution is -2.30. The van der Waals surface area contributed by atoms with E-state index in [4.69, 9.17) is 16.3 Å². The molecule has 1 saturated carbocycles. The number of nitrogens with zero attached hydrogens (tertiary/aromatic N) is 3. The third-order valence-corrected chi connectivity index (χ3v) is 4.70. The molecule has 138 valence electrons. The molecule has 1 unspecified atom stereocenters. The lowest BCUT2D eigenvalue weighted by molar-refractivity contribution is 0.0998. The van der Waals surface area contributed by atoms with Crippen molar-refractivity contribution < 1.29 is 17.9 Å². The van der Waals surface area contributed by atoms with Crippen molar-refractivity contribution in [2.45, 2.75) is 18.8 Å². The number of methoxy groups -OCH3 is 1. The Labute approximate surface area is 154 Å². The molecule has 8 heteroatoms. The van der Waals surface area contributed by atoms with Gasteiger partial charge in [0, 0.05) is 53.9 Å². The second kappa shape index (κ2) is 7.15. The van der Waals surface area contributed by atoms with E-state index in [-0.39, 0.29) is 19.4 Å². The third-order valence-electron chi connectivity index (χ3n) is 4.38. The highest BCUT2D eigenvalue weighted by Crippen LogP contribution is 2.51. The predicted octanol–water partition coefficient (Wildman–Crippen LogP) is 4.67. The maximum atomic E-state index is 13.4. The highest BCUT2D eigenvalue weighted by molar-refractivity contribution is 6.34. The second-order valence-electron chi connectivity index (χ2n) is 6.13. The molecule has 1 aromatic carbocycles. The standard InChI is InChI=1S/C18H17ClF3N3O/c1-23-24-17(7-11-9-18(11,21)22)25-6-5-13(15(19)10-25)14-4-3-12(20)8-16(14)26-2/h3-6,8,11H,1,7,9-10H2,2H3/b24-17-. The lowest BCUT2D eigenvalue weighted by atomic mass is 10.0. The Morgan fingerprint density at radius 3 is 2.77 bits per heavy atom. The van der Waals surface area contributed by atoms with Gasteiger partial charge in [0.15, 0.2) is 0 Å². The summed E-state index contributed by atoms with van der Waals surface area (Å²) >= 11 is 6.42. The fourth-order valence-corrected chi connectivity index (χ4v) is 3.15. The van der Waals surface area contributed by atoms with Gasteiger partial charge in [-0.2, -0.15) is 5.10 Å². The molecule has 1 atom stereocenters. The molecule has 1 fully saturated rings. The molecule has 0 bridgehead atoms. The van der Waals surface area contributed by atoms with Crippen LogP contribution in [0.15, 0.2) is 45.7 Å². The smallest absolute Gasteiger partial charge is 0.252 e. The maximum Gasteiger partial charge on any atom is 0.252 e. The minimum absolute atomic E-state index is 0.0930. The van der Waals surface area contributed by atoms with Crippen LogP contribution in [0.2, 0.25) is 0 Å². The van der Waals surface area contributed by atoms with Crippen molar-refractivity contribution >= 4 is 29.7 Å². The molecule has 0 radical (unpaired) electrons. The Morgan fingerprint density at radius 2 is 2.19 bits per heavy atom. The zero-order valence-electron chi connectivity index (χ0n) is 14.1. The van der Waals surface area contributed by atoms with Gasteiger partial charge in [0.25, 0.3) is 5.92 Å². The first-order chi connectivity index (χ1) is 12.4. The number of rotatable bonds is 5. The predicted molar refractivity (Wildman–Crippen MR) is 96.2 cm³/mol. The molecule has 3 rings (SSSR count). The Balaban J connectivity index is 1.82. The van der Waals surface area contributed by atoms with Gasteiger partial charge < -0.3 is 9.64 Å². The number of allylic oxidation sites excluding steroid dienone is 2. The van der Waals surface area contributed by atoms with Crippen LogP contribution >= 0.6 is 11.6 Å². The molecule has 0 spiro atoms. The molecule has 0 aromatic heterocycles. The van der Waals surface area contributed by atoms with Gasteiger partial charge in [0.05, 0.1) is 13.7 Å². The average Bonchev–Trinajstić information content (AvgIpc) is 3.21. The molecule has 1 aliphatic carbocycles. The fourth-order valence-electron chi connectivity index (χ4n) is 2.85. The van der Waals surface area contributed by atoms with Crippen molar-refractivity contribution in [1.29, 1.82) is 0 Å². The first-order valence-corrected chi connectivity index (χ1v) is 8.31. The van der Waals surface area contributed by atoms with Crippen LogP contribution in [0.25, 0.3) is 5.57 Å². The van der Waals surface area contributed by atoms with Crippen LogP contribution < -0.4 is 4.74 Å². The summed E-state index contributed by atoms with van der Waals surface area (Å²) in [5.41, 5.74) is 1.31. The summed E-state index contributed by atoms with van der Waals surface area (Å²) < 4.78 is 45.1. The molecule has 0 saturated heterocycles. The second-order valence-corrected chi connectivity index (χ2v) is 6.59. The van der Waals surface area contributed by atoms with Crippen molar-refractivity contribution in [2.75, 3.05) is 13.7 Å². The topological polar surface area (TPSA) is 37.2 Å². The molecule has 26 heavy (non-hydrogen) atoms. The van der Waals surface area contributed by atoms with Crippen LogP contribution in [0.3, 0.4) is 0 Å². The van der Waals surface area contributed by atoms with Crippen molar-refractivity contribution in [1.82, 2.24) is 4.90 Å². The van der Waals surface area contributed by atoms with Gasteiger partial charge in [-0.15, -0.1) is 5.10 Å². The number of hydrogen-bond donors (Lipinski definition) is 0. The van der Waals surface area contributed by atoms with Crippen LogP contribution in [0.5, 0.6) is 5.75 Å². The van der Waals surface area contributed by atoms with Gasteiger partial charge in [-0.1, -0.05) is 11.6 Å². The summed E-state index contributed by atoms with van der Waals surface area (Å²) in [7, 11) is 1.45. The van der Waals surface area contributed by atoms with Gasteiger partial charge in [0.2, 0.25) is 0 Å². The molecule has 1 aromatic rings. The van der Waals surface area contributed by atoms with Crippen LogP contribution in [0.4, 0.5) is 13.2 Å². The number of halogens is 4. The summed E-state index contributed by atoms with van der Waals surface area (Å²) in [5.74, 6) is -3.07. The largest absolute Gasteiger partial charge is 0.496 e. The molecule has 1 heterocycles. The summed E-state index contributed by atoms with van der Waals surface area (Å²) in [5, 5.41) is 7.82. The number of alkyl halides is 2. The molecule has 4 nitrogen and oxygen atoms in total. The molecule has 2 aliphatic rings. The summed E-state index contributed by atoms with van der Waals surface area (Å²) in [4.78, 5) is 1.66. The summed E-state index contributed by atoms with van der Waals surface area (Å²) in [6.07, 6.45) is 3.35. The highest BCUT2D eigenvalue weighted by Gasteiger charge is 2.57. The van der Waals surface area contributed by atoms with Crippen LogP contribution in [0, 0.1) is 11.7 Å². The van der Waals surface area contributed by atoms with E-state index in [2.05, 4.69) is 16.9 Å². The first-order valence-electron chi connectivity index (χ1n) is 7.93. The summed E-state index contributed by atoms with van der Waals surface area (Å²) in [6.45, 7) is 3.54. The number of amidine groups is 1. The molecular formula is C18H17ClF3N3O. The minimum Gasteiger partial charge on any atom is -0.496 e. The number of ether oxygens (including phenoxy) is 1. The van der Waals surface area contributed by atoms with E-state index < -0.39 is 17.7 Å². The van der Waals surface area contributed by atoms with Crippen LogP contribution in [0.1, 0.15) is 18.4 Å². The molecular weight excluding hydrogens is 367 g/mol. The fraction of sp³-hybridized carbons (Fsp3) is 0.333. The normalized spacial score (nSPS) is 21.8. The molecule has 0 amide bonds. The maximum absolute atomic E-state index is 13.4. The highest BCUT2D eigenvalue weighted by atomic mass is 35.5. The quantitative estimate of drug-likeness (QED) is 0.421. The Bertz CT molecular complexity index is 820. The Morgan fingerprint density at radius 1 is 1.46 bits per heavy atom. The molecule has 1 aliphatic heterocycles. The molecule has 0 N–H and O–H groups in total. The van der Waals surface area contributed by atoms with E-state index in [0.717, 1.165) is 0 Å². The van der Waals surface area contributed by atoms with Crippen molar-refractivity contribution in [3.63, 3.8) is 0 Å². The number of benzene rings is 1. The first kappa shape index (κ1) is 18.5. The van der Waals surface area contributed by atoms with Gasteiger partial charge >= 0.3 is 0 Å². The van der Waals surface area contributed by atoms with Crippen molar-refractivity contribution in [3.05, 3.63) is 46.9 Å². The number of hydrogen-bond acceptors (Lipinski definition) is 3. The average molecular weight is 384 g/mol. The van der Waals surface area contributed by atoms with E-state index in [9.17, 15) is 13.2 Å². The van der Waals surface area contributed by atoms with Gasteiger partial charge in [-0.3, -0.25) is 0 Å². The monoisotopic (exact) mass is 383 g/mol. The SMILES string of the molecule is C=N/N=C(/CC1CC1(F)F)N1C=CC(c2ccc(F)cc2OC)=C(Cl)C1. The van der Waals surface area contributed by atoms with E-state index in [1.54, 1.807) is 23.2 Å². The zero-order chi connectivity index (χ0) is 18.9. The van der Waals surface area contributed by atoms with Crippen molar-refractivity contribution in [3.8, 4) is 5.75 Å². The third kappa shape index (κ3) is 3.77. The van der Waals surface area contributed by atoms with Gasteiger partial charge in [-0.05, 0) is 18.2 Å². The van der Waals surface area contributed by atoms with Gasteiger partial charge in [-0.25, -0.2) is 13.2 Å². The van der Waals surface area contributed by atoms with Crippen LogP contribution in [-0.4, -0.2) is 37.0 Å². The van der Waals surface area contributed by atoms with Gasteiger partial charge in [0.1, 0.15) is 17.4 Å².